The van der Waals surface area contributed by atoms with Crippen LogP contribution >= 0.6 is 0 Å². The van der Waals surface area contributed by atoms with Crippen molar-refractivity contribution in [3.05, 3.63) is 83.7 Å². The molecular weight excluding hydrogens is 414 g/mol. The number of aliphatic hydroxyl groups excluding tert-OH is 1. The molecule has 0 unspecified atom stereocenters. The van der Waals surface area contributed by atoms with Gasteiger partial charge >= 0.3 is 0 Å². The van der Waals surface area contributed by atoms with Crippen molar-refractivity contribution in [1.82, 2.24) is 14.7 Å². The predicted molar refractivity (Wildman–Crippen MR) is 117 cm³/mol. The lowest BCUT2D eigenvalue weighted by atomic mass is 10.1. The van der Waals surface area contributed by atoms with E-state index < -0.39 is 22.0 Å². The van der Waals surface area contributed by atoms with Crippen LogP contribution in [-0.2, 0) is 9.84 Å². The summed E-state index contributed by atoms with van der Waals surface area (Å²) < 4.78 is 25.3. The zero-order chi connectivity index (χ0) is 22.0. The molecular formula is C23H21N3O4S. The summed E-state index contributed by atoms with van der Waals surface area (Å²) in [6.07, 6.45) is 2.35. The summed E-state index contributed by atoms with van der Waals surface area (Å²) in [5.74, 6) is 5.25. The molecule has 3 aromatic rings. The van der Waals surface area contributed by atoms with E-state index in [1.807, 2.05) is 30.3 Å². The summed E-state index contributed by atoms with van der Waals surface area (Å²) in [5, 5.41) is 14.4. The topological polar surface area (TPSA) is 92.5 Å². The Morgan fingerprint density at radius 1 is 1.13 bits per heavy atom. The van der Waals surface area contributed by atoms with Crippen LogP contribution in [-0.4, -0.2) is 64.8 Å². The van der Waals surface area contributed by atoms with E-state index in [-0.39, 0.29) is 17.4 Å². The van der Waals surface area contributed by atoms with E-state index in [9.17, 15) is 18.3 Å². The van der Waals surface area contributed by atoms with E-state index in [1.165, 1.54) is 11.9 Å². The number of sulfone groups is 1. The van der Waals surface area contributed by atoms with E-state index in [0.717, 1.165) is 11.3 Å². The van der Waals surface area contributed by atoms with Crippen LogP contribution in [0.1, 0.15) is 21.5 Å². The number of nitrogens with zero attached hydrogens (tertiary/aromatic N) is 3. The number of hydrogen-bond acceptors (Lipinski definition) is 5. The first-order valence-electron chi connectivity index (χ1n) is 9.71. The molecule has 2 atom stereocenters. The van der Waals surface area contributed by atoms with Crippen molar-refractivity contribution in [3.8, 4) is 17.5 Å². The minimum atomic E-state index is -3.37. The number of carbonyl (C=O) groups is 1. The number of benzene rings is 2. The molecule has 1 aromatic heterocycles. The van der Waals surface area contributed by atoms with Crippen molar-refractivity contribution in [3.63, 3.8) is 0 Å². The quantitative estimate of drug-likeness (QED) is 0.630. The van der Waals surface area contributed by atoms with Gasteiger partial charge in [-0.05, 0) is 36.4 Å². The third kappa shape index (κ3) is 4.53. The highest BCUT2D eigenvalue weighted by atomic mass is 32.2. The summed E-state index contributed by atoms with van der Waals surface area (Å²) in [6, 6.07) is 15.6. The Labute approximate surface area is 180 Å². The lowest BCUT2D eigenvalue weighted by Gasteiger charge is -2.26. The number of hydrogen-bond donors (Lipinski definition) is 1. The van der Waals surface area contributed by atoms with Crippen LogP contribution in [0.3, 0.4) is 0 Å². The van der Waals surface area contributed by atoms with Gasteiger partial charge in [0.15, 0.2) is 9.84 Å². The van der Waals surface area contributed by atoms with Crippen molar-refractivity contribution in [2.24, 2.45) is 0 Å². The molecule has 4 rings (SSSR count). The summed E-state index contributed by atoms with van der Waals surface area (Å²) in [4.78, 5) is 14.4. The van der Waals surface area contributed by atoms with Crippen molar-refractivity contribution in [2.45, 2.75) is 12.1 Å². The molecule has 1 aliphatic rings. The van der Waals surface area contributed by atoms with Crippen molar-refractivity contribution in [1.29, 1.82) is 0 Å². The summed E-state index contributed by atoms with van der Waals surface area (Å²) in [6.45, 7) is 0. The first-order valence-corrected chi connectivity index (χ1v) is 11.5. The molecule has 0 aliphatic carbocycles. The number of aliphatic hydroxyl groups is 1. The maximum atomic E-state index is 13.1. The number of rotatable bonds is 3. The molecule has 1 saturated heterocycles. The number of amides is 1. The van der Waals surface area contributed by atoms with Gasteiger partial charge in [-0.1, -0.05) is 30.0 Å². The number of likely N-dealkylation sites (N-methyl/N-ethyl adjacent to an activating group) is 1. The zero-order valence-corrected chi connectivity index (χ0v) is 17.7. The van der Waals surface area contributed by atoms with Crippen LogP contribution in [0.15, 0.2) is 67.0 Å². The minimum absolute atomic E-state index is 0.248. The van der Waals surface area contributed by atoms with Crippen LogP contribution < -0.4 is 0 Å². The van der Waals surface area contributed by atoms with Gasteiger partial charge < -0.3 is 10.0 Å². The summed E-state index contributed by atoms with van der Waals surface area (Å²) >= 11 is 0. The fraction of sp³-hybridized carbons (Fsp3) is 0.217. The highest BCUT2D eigenvalue weighted by Crippen LogP contribution is 2.21. The molecule has 158 valence electrons. The zero-order valence-electron chi connectivity index (χ0n) is 16.8. The second-order valence-electron chi connectivity index (χ2n) is 7.43. The second kappa shape index (κ2) is 8.38. The predicted octanol–water partition coefficient (Wildman–Crippen LogP) is 1.50. The van der Waals surface area contributed by atoms with Gasteiger partial charge in [0.1, 0.15) is 0 Å². The van der Waals surface area contributed by atoms with Crippen molar-refractivity contribution >= 4 is 15.7 Å². The lowest BCUT2D eigenvalue weighted by molar-refractivity contribution is 0.0581. The van der Waals surface area contributed by atoms with Gasteiger partial charge in [0, 0.05) is 30.6 Å². The van der Waals surface area contributed by atoms with Crippen LogP contribution in [0.5, 0.6) is 0 Å². The largest absolute Gasteiger partial charge is 0.390 e. The molecule has 0 bridgehead atoms. The third-order valence-electron chi connectivity index (χ3n) is 5.22. The van der Waals surface area contributed by atoms with Crippen LogP contribution in [0.25, 0.3) is 5.69 Å². The second-order valence-corrected chi connectivity index (χ2v) is 9.58. The Hall–Kier alpha value is -3.41. The highest BCUT2D eigenvalue weighted by molar-refractivity contribution is 7.91. The highest BCUT2D eigenvalue weighted by Gasteiger charge is 2.40. The van der Waals surface area contributed by atoms with E-state index in [1.54, 1.807) is 41.3 Å². The Morgan fingerprint density at radius 3 is 2.55 bits per heavy atom. The Balaban J connectivity index is 1.69. The van der Waals surface area contributed by atoms with Crippen molar-refractivity contribution < 1.29 is 18.3 Å². The number of aromatic nitrogens is 2. The molecule has 2 aromatic carbocycles. The van der Waals surface area contributed by atoms with Gasteiger partial charge in [-0.2, -0.15) is 5.10 Å². The number of carbonyl (C=O) groups excluding carboxylic acids is 1. The molecule has 0 saturated carbocycles. The minimum Gasteiger partial charge on any atom is -0.390 e. The summed E-state index contributed by atoms with van der Waals surface area (Å²) in [7, 11) is -1.86. The maximum Gasteiger partial charge on any atom is 0.254 e. The van der Waals surface area contributed by atoms with E-state index in [4.69, 9.17) is 0 Å². The molecule has 2 heterocycles. The smallest absolute Gasteiger partial charge is 0.254 e. The first-order chi connectivity index (χ1) is 14.8. The normalized spacial score (nSPS) is 19.4. The van der Waals surface area contributed by atoms with Crippen LogP contribution in [0.4, 0.5) is 0 Å². The fourth-order valence-corrected chi connectivity index (χ4v) is 5.42. The average Bonchev–Trinajstić information content (AvgIpc) is 3.39. The van der Waals surface area contributed by atoms with E-state index in [2.05, 4.69) is 16.9 Å². The monoisotopic (exact) mass is 435 g/mol. The van der Waals surface area contributed by atoms with Gasteiger partial charge in [0.25, 0.3) is 5.91 Å². The van der Waals surface area contributed by atoms with Crippen molar-refractivity contribution in [2.75, 3.05) is 18.6 Å². The van der Waals surface area contributed by atoms with Gasteiger partial charge in [-0.15, -0.1) is 0 Å². The Bertz CT molecular complexity index is 1260. The lowest BCUT2D eigenvalue weighted by Crippen LogP contribution is -2.44. The third-order valence-corrected chi connectivity index (χ3v) is 6.92. The Morgan fingerprint density at radius 2 is 1.90 bits per heavy atom. The molecule has 1 N–H and O–H groups in total. The molecule has 7 nitrogen and oxygen atoms in total. The SMILES string of the molecule is CN(C(=O)c1ccc(-n2cccn2)c(C#Cc2ccccc2)c1)[C@H]1CS(=O)(=O)C[C@@H]1O. The van der Waals surface area contributed by atoms with E-state index >= 15 is 0 Å². The van der Waals surface area contributed by atoms with Crippen LogP contribution in [0.2, 0.25) is 0 Å². The Kier molecular flexibility index (Phi) is 5.63. The van der Waals surface area contributed by atoms with E-state index in [0.29, 0.717) is 11.1 Å². The van der Waals surface area contributed by atoms with Gasteiger partial charge in [-0.25, -0.2) is 13.1 Å². The molecule has 1 fully saturated rings. The molecule has 1 aliphatic heterocycles. The molecule has 31 heavy (non-hydrogen) atoms. The average molecular weight is 436 g/mol. The van der Waals surface area contributed by atoms with Crippen LogP contribution in [0, 0.1) is 11.8 Å². The standard InChI is InChI=1S/C23H21N3O4S/c1-25(21-15-31(29,30)16-22(21)27)23(28)19-10-11-20(26-13-5-12-24-26)18(14-19)9-8-17-6-3-2-4-7-17/h2-7,10-14,21-22,27H,15-16H2,1H3/t21-,22-/m0/s1. The van der Waals surface area contributed by atoms with Gasteiger partial charge in [0.2, 0.25) is 0 Å². The molecule has 8 heteroatoms. The molecule has 1 amide bonds. The molecule has 0 radical (unpaired) electrons. The first kappa shape index (κ1) is 20.8. The van der Waals surface area contributed by atoms with Gasteiger partial charge in [0.05, 0.1) is 34.9 Å². The maximum absolute atomic E-state index is 13.1. The van der Waals surface area contributed by atoms with Gasteiger partial charge in [-0.3, -0.25) is 4.79 Å². The fourth-order valence-electron chi connectivity index (χ4n) is 3.58. The summed E-state index contributed by atoms with van der Waals surface area (Å²) in [5.41, 5.74) is 2.51. The molecule has 0 spiro atoms.